The molecule has 6 nitrogen and oxygen atoms in total. The molecule has 128 valence electrons. The molecule has 1 fully saturated rings. The minimum atomic E-state index is 0.0375. The van der Waals surface area contributed by atoms with Crippen LogP contribution in [0.3, 0.4) is 0 Å². The first-order valence-corrected chi connectivity index (χ1v) is 8.91. The Balaban J connectivity index is 1.43. The van der Waals surface area contributed by atoms with Crippen molar-refractivity contribution in [1.29, 1.82) is 0 Å². The average molecular weight is 335 g/mol. The lowest BCUT2D eigenvalue weighted by atomic mass is 10.1. The Kier molecular flexibility index (Phi) is 3.04. The number of aromatic amines is 1. The van der Waals surface area contributed by atoms with Gasteiger partial charge in [-0.05, 0) is 44.4 Å². The maximum Gasteiger partial charge on any atom is 0.270 e. The molecule has 0 radical (unpaired) electrons. The van der Waals surface area contributed by atoms with Crippen molar-refractivity contribution in [2.75, 3.05) is 6.54 Å². The van der Waals surface area contributed by atoms with Crippen LogP contribution in [0.2, 0.25) is 0 Å². The molecule has 1 aromatic carbocycles. The van der Waals surface area contributed by atoms with Crippen LogP contribution in [0.5, 0.6) is 0 Å². The molecular formula is C19H21N5O. The van der Waals surface area contributed by atoms with Crippen molar-refractivity contribution >= 4 is 16.8 Å². The molecule has 3 aromatic rings. The molecule has 25 heavy (non-hydrogen) atoms. The number of carbonyl (C=O) groups excluding carboxylic acids is 1. The van der Waals surface area contributed by atoms with Gasteiger partial charge in [0.25, 0.3) is 5.91 Å². The molecule has 0 atom stereocenters. The first-order chi connectivity index (χ1) is 12.1. The van der Waals surface area contributed by atoms with Crippen molar-refractivity contribution in [2.45, 2.75) is 45.7 Å². The second-order valence-electron chi connectivity index (χ2n) is 7.36. The van der Waals surface area contributed by atoms with Crippen LogP contribution in [0.4, 0.5) is 0 Å². The number of nitrogens with one attached hydrogen (secondary N) is 1. The summed E-state index contributed by atoms with van der Waals surface area (Å²) in [7, 11) is 0. The van der Waals surface area contributed by atoms with Gasteiger partial charge in [-0.15, -0.1) is 10.2 Å². The summed E-state index contributed by atoms with van der Waals surface area (Å²) in [6.07, 6.45) is 2.43. The highest BCUT2D eigenvalue weighted by Gasteiger charge is 2.33. The van der Waals surface area contributed by atoms with Crippen LogP contribution in [0, 0.1) is 13.8 Å². The zero-order valence-corrected chi connectivity index (χ0v) is 14.5. The van der Waals surface area contributed by atoms with E-state index in [1.165, 1.54) is 24.0 Å². The van der Waals surface area contributed by atoms with Gasteiger partial charge < -0.3 is 14.5 Å². The molecular weight excluding hydrogens is 314 g/mol. The molecule has 5 rings (SSSR count). The fourth-order valence-corrected chi connectivity index (χ4v) is 3.89. The quantitative estimate of drug-likeness (QED) is 0.783. The van der Waals surface area contributed by atoms with Gasteiger partial charge in [0.05, 0.1) is 6.54 Å². The zero-order chi connectivity index (χ0) is 17.1. The number of carbonyl (C=O) groups is 1. The monoisotopic (exact) mass is 335 g/mol. The molecule has 0 spiro atoms. The summed E-state index contributed by atoms with van der Waals surface area (Å²) in [5.74, 6) is 2.64. The number of amides is 1. The number of rotatable bonds is 2. The Hall–Kier alpha value is -2.63. The summed E-state index contributed by atoms with van der Waals surface area (Å²) < 4.78 is 2.21. The zero-order valence-electron chi connectivity index (χ0n) is 14.5. The van der Waals surface area contributed by atoms with Crippen molar-refractivity contribution in [1.82, 2.24) is 24.6 Å². The van der Waals surface area contributed by atoms with Crippen LogP contribution in [0.1, 0.15) is 52.0 Å². The van der Waals surface area contributed by atoms with Crippen LogP contribution in [0.25, 0.3) is 10.9 Å². The third-order valence-corrected chi connectivity index (χ3v) is 5.31. The van der Waals surface area contributed by atoms with Gasteiger partial charge in [0.15, 0.2) is 5.82 Å². The number of hydrogen-bond donors (Lipinski definition) is 1. The first-order valence-electron chi connectivity index (χ1n) is 8.91. The summed E-state index contributed by atoms with van der Waals surface area (Å²) >= 11 is 0. The summed E-state index contributed by atoms with van der Waals surface area (Å²) in [6, 6.07) is 6.22. The predicted molar refractivity (Wildman–Crippen MR) is 94.5 cm³/mol. The van der Waals surface area contributed by atoms with E-state index < -0.39 is 0 Å². The molecule has 1 amide bonds. The van der Waals surface area contributed by atoms with Gasteiger partial charge in [0, 0.05) is 29.9 Å². The summed E-state index contributed by atoms with van der Waals surface area (Å²) in [5.41, 5.74) is 4.08. The second kappa shape index (κ2) is 5.18. The Morgan fingerprint density at radius 3 is 2.80 bits per heavy atom. The minimum Gasteiger partial charge on any atom is -0.350 e. The number of fused-ring (bicyclic) bond motifs is 2. The minimum absolute atomic E-state index is 0.0375. The predicted octanol–water partition coefficient (Wildman–Crippen LogP) is 2.91. The van der Waals surface area contributed by atoms with Crippen molar-refractivity contribution in [3.8, 4) is 0 Å². The number of benzene rings is 1. The van der Waals surface area contributed by atoms with Crippen molar-refractivity contribution in [3.63, 3.8) is 0 Å². The first kappa shape index (κ1) is 14.7. The van der Waals surface area contributed by atoms with E-state index in [1.807, 2.05) is 11.0 Å². The molecule has 6 heteroatoms. The number of aromatic nitrogens is 4. The highest BCUT2D eigenvalue weighted by molar-refractivity contribution is 5.98. The lowest BCUT2D eigenvalue weighted by Crippen LogP contribution is -2.38. The highest BCUT2D eigenvalue weighted by Crippen LogP contribution is 2.39. The second-order valence-corrected chi connectivity index (χ2v) is 7.36. The van der Waals surface area contributed by atoms with Crippen LogP contribution < -0.4 is 0 Å². The SMILES string of the molecule is Cc1cc(C)c2[nH]c(C(=O)N3CCn4c(nnc4C4CC4)C3)cc2c1. The molecule has 2 aliphatic rings. The fourth-order valence-electron chi connectivity index (χ4n) is 3.89. The lowest BCUT2D eigenvalue weighted by molar-refractivity contribution is 0.0701. The van der Waals surface area contributed by atoms with Gasteiger partial charge in [-0.25, -0.2) is 0 Å². The van der Waals surface area contributed by atoms with E-state index >= 15 is 0 Å². The van der Waals surface area contributed by atoms with Crippen LogP contribution in [-0.4, -0.2) is 37.1 Å². The smallest absolute Gasteiger partial charge is 0.270 e. The van der Waals surface area contributed by atoms with E-state index in [9.17, 15) is 4.79 Å². The number of hydrogen-bond acceptors (Lipinski definition) is 3. The number of H-pyrrole nitrogens is 1. The maximum absolute atomic E-state index is 13.0. The van der Waals surface area contributed by atoms with E-state index in [2.05, 4.69) is 45.7 Å². The maximum atomic E-state index is 13.0. The topological polar surface area (TPSA) is 66.8 Å². The van der Waals surface area contributed by atoms with Gasteiger partial charge in [0.1, 0.15) is 11.5 Å². The Bertz CT molecular complexity index is 995. The van der Waals surface area contributed by atoms with E-state index in [-0.39, 0.29) is 5.91 Å². The van der Waals surface area contributed by atoms with Crippen molar-refractivity contribution in [3.05, 3.63) is 46.7 Å². The Morgan fingerprint density at radius 2 is 2.00 bits per heavy atom. The number of aryl methyl sites for hydroxylation is 2. The van der Waals surface area contributed by atoms with E-state index in [0.717, 1.165) is 29.1 Å². The summed E-state index contributed by atoms with van der Waals surface area (Å²) in [4.78, 5) is 18.1. The number of nitrogens with zero attached hydrogens (tertiary/aromatic N) is 4. The highest BCUT2D eigenvalue weighted by atomic mass is 16.2. The van der Waals surface area contributed by atoms with Crippen LogP contribution >= 0.6 is 0 Å². The lowest BCUT2D eigenvalue weighted by Gasteiger charge is -2.27. The fraction of sp³-hybridized carbons (Fsp3) is 0.421. The molecule has 1 aliphatic heterocycles. The molecule has 0 bridgehead atoms. The third-order valence-electron chi connectivity index (χ3n) is 5.31. The van der Waals surface area contributed by atoms with Gasteiger partial charge in [-0.2, -0.15) is 0 Å². The molecule has 3 heterocycles. The van der Waals surface area contributed by atoms with Crippen molar-refractivity contribution in [2.24, 2.45) is 0 Å². The van der Waals surface area contributed by atoms with Gasteiger partial charge in [0.2, 0.25) is 0 Å². The van der Waals surface area contributed by atoms with E-state index in [1.54, 1.807) is 0 Å². The van der Waals surface area contributed by atoms with E-state index in [0.29, 0.717) is 24.7 Å². The molecule has 0 unspecified atom stereocenters. The van der Waals surface area contributed by atoms with Gasteiger partial charge in [-0.3, -0.25) is 4.79 Å². The molecule has 0 saturated heterocycles. The molecule has 1 aliphatic carbocycles. The van der Waals surface area contributed by atoms with Crippen molar-refractivity contribution < 1.29 is 4.79 Å². The molecule has 1 saturated carbocycles. The van der Waals surface area contributed by atoms with E-state index in [4.69, 9.17) is 0 Å². The summed E-state index contributed by atoms with van der Waals surface area (Å²) in [5, 5.41) is 9.77. The van der Waals surface area contributed by atoms with Gasteiger partial charge >= 0.3 is 0 Å². The molecule has 1 N–H and O–H groups in total. The van der Waals surface area contributed by atoms with Gasteiger partial charge in [-0.1, -0.05) is 11.6 Å². The van der Waals surface area contributed by atoms with Crippen LogP contribution in [0.15, 0.2) is 18.2 Å². The van der Waals surface area contributed by atoms with Crippen LogP contribution in [-0.2, 0) is 13.1 Å². The third kappa shape index (κ3) is 2.35. The largest absolute Gasteiger partial charge is 0.350 e. The Morgan fingerprint density at radius 1 is 1.16 bits per heavy atom. The summed E-state index contributed by atoms with van der Waals surface area (Å²) in [6.45, 7) is 6.18. The average Bonchev–Trinajstić information content (AvgIpc) is 3.20. The molecule has 2 aromatic heterocycles. The standard InChI is InChI=1S/C19H21N5O/c1-11-7-12(2)17-14(8-11)9-15(20-17)19(25)23-5-6-24-16(10-23)21-22-18(24)13-3-4-13/h7-9,13,20H,3-6,10H2,1-2H3. The Labute approximate surface area is 145 Å². The normalized spacial score (nSPS) is 17.1.